The van der Waals surface area contributed by atoms with Gasteiger partial charge in [-0.05, 0) is 0 Å². The number of nitrogens with two attached hydrogens (primary N) is 1. The van der Waals surface area contributed by atoms with Crippen LogP contribution in [0.25, 0.3) is 0 Å². The molecule has 7 heavy (non-hydrogen) atoms. The third-order valence-corrected chi connectivity index (χ3v) is 0.950. The standard InChI is InChI=1S/C4H10N2O/c5-4-3-7-2-1-6-4/h4,6H,1-3,5H2. The molecule has 1 heterocycles. The second-order valence-corrected chi connectivity index (χ2v) is 1.64. The zero-order valence-electron chi connectivity index (χ0n) is 4.18. The highest BCUT2D eigenvalue weighted by Crippen LogP contribution is 1.82. The van der Waals surface area contributed by atoms with Gasteiger partial charge in [0.15, 0.2) is 0 Å². The van der Waals surface area contributed by atoms with E-state index in [1.807, 2.05) is 0 Å². The summed E-state index contributed by atoms with van der Waals surface area (Å²) in [6.45, 7) is 2.34. The van der Waals surface area contributed by atoms with Crippen molar-refractivity contribution in [3.63, 3.8) is 0 Å². The monoisotopic (exact) mass is 102 g/mol. The maximum atomic E-state index is 5.40. The van der Waals surface area contributed by atoms with Crippen molar-refractivity contribution in [1.29, 1.82) is 0 Å². The fourth-order valence-electron chi connectivity index (χ4n) is 0.586. The predicted octanol–water partition coefficient (Wildman–Crippen LogP) is -1.11. The number of rotatable bonds is 0. The molecule has 0 saturated carbocycles. The van der Waals surface area contributed by atoms with E-state index in [9.17, 15) is 0 Å². The Morgan fingerprint density at radius 2 is 2.57 bits per heavy atom. The predicted molar refractivity (Wildman–Crippen MR) is 26.8 cm³/mol. The largest absolute Gasteiger partial charge is 0.377 e. The molecule has 0 aliphatic carbocycles. The molecule has 0 aromatic carbocycles. The maximum Gasteiger partial charge on any atom is 0.0788 e. The van der Waals surface area contributed by atoms with Crippen LogP contribution in [0.4, 0.5) is 0 Å². The van der Waals surface area contributed by atoms with Gasteiger partial charge >= 0.3 is 0 Å². The van der Waals surface area contributed by atoms with E-state index in [0.29, 0.717) is 6.61 Å². The average Bonchev–Trinajstić information content (AvgIpc) is 1.69. The van der Waals surface area contributed by atoms with Crippen LogP contribution in [-0.2, 0) is 4.74 Å². The van der Waals surface area contributed by atoms with Crippen LogP contribution < -0.4 is 11.1 Å². The van der Waals surface area contributed by atoms with E-state index in [-0.39, 0.29) is 6.17 Å². The van der Waals surface area contributed by atoms with Crippen LogP contribution >= 0.6 is 0 Å². The van der Waals surface area contributed by atoms with Crippen LogP contribution in [0.15, 0.2) is 0 Å². The van der Waals surface area contributed by atoms with Crippen molar-refractivity contribution < 1.29 is 4.74 Å². The van der Waals surface area contributed by atoms with E-state index in [1.165, 1.54) is 0 Å². The van der Waals surface area contributed by atoms with Crippen molar-refractivity contribution in [3.05, 3.63) is 0 Å². The van der Waals surface area contributed by atoms with Crippen LogP contribution in [0.1, 0.15) is 0 Å². The summed E-state index contributed by atoms with van der Waals surface area (Å²) >= 11 is 0. The van der Waals surface area contributed by atoms with E-state index in [2.05, 4.69) is 5.32 Å². The summed E-state index contributed by atoms with van der Waals surface area (Å²) in [4.78, 5) is 0. The molecule has 1 aliphatic rings. The van der Waals surface area contributed by atoms with Crippen LogP contribution in [0.3, 0.4) is 0 Å². The molecule has 1 rings (SSSR count). The Hall–Kier alpha value is -0.120. The van der Waals surface area contributed by atoms with Gasteiger partial charge < -0.3 is 10.5 Å². The van der Waals surface area contributed by atoms with Crippen LogP contribution in [0.5, 0.6) is 0 Å². The summed E-state index contributed by atoms with van der Waals surface area (Å²) in [7, 11) is 0. The molecule has 0 bridgehead atoms. The molecule has 1 unspecified atom stereocenters. The molecule has 1 saturated heterocycles. The molecule has 1 aliphatic heterocycles. The van der Waals surface area contributed by atoms with Gasteiger partial charge in [-0.1, -0.05) is 0 Å². The van der Waals surface area contributed by atoms with E-state index < -0.39 is 0 Å². The fraction of sp³-hybridized carbons (Fsp3) is 1.00. The second-order valence-electron chi connectivity index (χ2n) is 1.64. The number of hydrogen-bond acceptors (Lipinski definition) is 3. The van der Waals surface area contributed by atoms with Gasteiger partial charge in [-0.3, -0.25) is 5.32 Å². The fourth-order valence-corrected chi connectivity index (χ4v) is 0.586. The highest BCUT2D eigenvalue weighted by atomic mass is 16.5. The second kappa shape index (κ2) is 2.26. The number of hydrogen-bond donors (Lipinski definition) is 2. The Morgan fingerprint density at radius 1 is 1.71 bits per heavy atom. The van der Waals surface area contributed by atoms with Crippen molar-refractivity contribution in [2.24, 2.45) is 5.73 Å². The van der Waals surface area contributed by atoms with Gasteiger partial charge in [-0.2, -0.15) is 0 Å². The molecule has 1 fully saturated rings. The summed E-state index contributed by atoms with van der Waals surface area (Å²) in [6.07, 6.45) is 0.0637. The number of morpholine rings is 1. The lowest BCUT2D eigenvalue weighted by Crippen LogP contribution is -2.47. The smallest absolute Gasteiger partial charge is 0.0788 e. The first kappa shape index (κ1) is 5.03. The Labute approximate surface area is 42.8 Å². The average molecular weight is 102 g/mol. The number of nitrogens with one attached hydrogen (secondary N) is 1. The minimum Gasteiger partial charge on any atom is -0.377 e. The van der Waals surface area contributed by atoms with Crippen molar-refractivity contribution in [2.45, 2.75) is 6.17 Å². The number of ether oxygens (including phenoxy) is 1. The summed E-state index contributed by atoms with van der Waals surface area (Å²) in [5.74, 6) is 0. The molecule has 3 nitrogen and oxygen atoms in total. The van der Waals surface area contributed by atoms with E-state index in [1.54, 1.807) is 0 Å². The molecular formula is C4H10N2O. The van der Waals surface area contributed by atoms with E-state index in [0.717, 1.165) is 13.2 Å². The highest BCUT2D eigenvalue weighted by molar-refractivity contribution is 4.60. The zero-order valence-corrected chi connectivity index (χ0v) is 4.18. The van der Waals surface area contributed by atoms with Gasteiger partial charge in [0.2, 0.25) is 0 Å². The molecular weight excluding hydrogens is 92.1 g/mol. The van der Waals surface area contributed by atoms with Crippen molar-refractivity contribution in [2.75, 3.05) is 19.8 Å². The topological polar surface area (TPSA) is 47.3 Å². The summed E-state index contributed by atoms with van der Waals surface area (Å²) in [5, 5.41) is 3.03. The van der Waals surface area contributed by atoms with Gasteiger partial charge in [-0.15, -0.1) is 0 Å². The van der Waals surface area contributed by atoms with Crippen molar-refractivity contribution in [1.82, 2.24) is 5.32 Å². The lowest BCUT2D eigenvalue weighted by molar-refractivity contribution is 0.0789. The first-order valence-electron chi connectivity index (χ1n) is 2.46. The molecule has 0 spiro atoms. The van der Waals surface area contributed by atoms with Crippen LogP contribution in [0, 0.1) is 0 Å². The molecule has 42 valence electrons. The molecule has 3 heteroatoms. The Kier molecular flexibility index (Phi) is 1.62. The molecule has 0 radical (unpaired) electrons. The quantitative estimate of drug-likeness (QED) is 0.408. The minimum atomic E-state index is 0.0637. The summed E-state index contributed by atoms with van der Waals surface area (Å²) in [6, 6.07) is 0. The third-order valence-electron chi connectivity index (χ3n) is 0.950. The van der Waals surface area contributed by atoms with E-state index in [4.69, 9.17) is 10.5 Å². The van der Waals surface area contributed by atoms with Gasteiger partial charge in [0, 0.05) is 6.54 Å². The Bertz CT molecular complexity index is 51.7. The third kappa shape index (κ3) is 1.43. The van der Waals surface area contributed by atoms with Gasteiger partial charge in [0.05, 0.1) is 19.4 Å². The van der Waals surface area contributed by atoms with Crippen molar-refractivity contribution in [3.8, 4) is 0 Å². The molecule has 0 amide bonds. The zero-order chi connectivity index (χ0) is 5.11. The Balaban J connectivity index is 2.12. The normalized spacial score (nSPS) is 33.0. The van der Waals surface area contributed by atoms with Gasteiger partial charge in [0.25, 0.3) is 0 Å². The Morgan fingerprint density at radius 3 is 2.86 bits per heavy atom. The van der Waals surface area contributed by atoms with Crippen LogP contribution in [-0.4, -0.2) is 25.9 Å². The SMILES string of the molecule is NC1COCCN1. The lowest BCUT2D eigenvalue weighted by atomic mass is 10.5. The minimum absolute atomic E-state index is 0.0637. The van der Waals surface area contributed by atoms with Crippen molar-refractivity contribution >= 4 is 0 Å². The van der Waals surface area contributed by atoms with Crippen LogP contribution in [0.2, 0.25) is 0 Å². The first-order chi connectivity index (χ1) is 3.39. The van der Waals surface area contributed by atoms with Gasteiger partial charge in [0.1, 0.15) is 0 Å². The van der Waals surface area contributed by atoms with E-state index >= 15 is 0 Å². The maximum absolute atomic E-state index is 5.40. The summed E-state index contributed by atoms with van der Waals surface area (Å²) < 4.78 is 4.99. The first-order valence-corrected chi connectivity index (χ1v) is 2.46. The summed E-state index contributed by atoms with van der Waals surface area (Å²) in [5.41, 5.74) is 5.40. The molecule has 1 atom stereocenters. The van der Waals surface area contributed by atoms with Gasteiger partial charge in [-0.25, -0.2) is 0 Å². The highest BCUT2D eigenvalue weighted by Gasteiger charge is 2.04. The lowest BCUT2D eigenvalue weighted by Gasteiger charge is -2.18. The molecule has 0 aromatic heterocycles. The molecule has 3 N–H and O–H groups in total. The molecule has 0 aromatic rings.